The van der Waals surface area contributed by atoms with Crippen molar-refractivity contribution in [3.05, 3.63) is 54.9 Å². The first-order chi connectivity index (χ1) is 10.3. The highest BCUT2D eigenvalue weighted by Crippen LogP contribution is 2.18. The highest BCUT2D eigenvalue weighted by atomic mass is 19.1. The molecule has 2 heterocycles. The molecule has 0 radical (unpaired) electrons. The molecular weight excluding hydrogens is 271 g/mol. The van der Waals surface area contributed by atoms with E-state index in [1.165, 1.54) is 23.4 Å². The fourth-order valence-electron chi connectivity index (χ4n) is 2.11. The van der Waals surface area contributed by atoms with Gasteiger partial charge in [0.1, 0.15) is 18.3 Å². The predicted octanol–water partition coefficient (Wildman–Crippen LogP) is 2.23. The molecule has 7 heteroatoms. The zero-order chi connectivity index (χ0) is 14.7. The SMILES string of the molecule is CCn1cncc1CNc1ccc(-n2cncn2)c(F)c1. The molecular formula is C14H15FN6. The maximum atomic E-state index is 14.1. The predicted molar refractivity (Wildman–Crippen MR) is 76.5 cm³/mol. The number of benzene rings is 1. The highest BCUT2D eigenvalue weighted by Gasteiger charge is 2.07. The second-order valence-electron chi connectivity index (χ2n) is 4.53. The third-order valence-electron chi connectivity index (χ3n) is 3.23. The van der Waals surface area contributed by atoms with E-state index in [1.54, 1.807) is 18.6 Å². The van der Waals surface area contributed by atoms with E-state index in [0.717, 1.165) is 12.2 Å². The first-order valence-electron chi connectivity index (χ1n) is 6.65. The molecule has 0 aliphatic rings. The van der Waals surface area contributed by atoms with Crippen molar-refractivity contribution in [2.75, 3.05) is 5.32 Å². The minimum Gasteiger partial charge on any atom is -0.379 e. The lowest BCUT2D eigenvalue weighted by molar-refractivity contribution is 0.611. The van der Waals surface area contributed by atoms with Gasteiger partial charge in [0.2, 0.25) is 0 Å². The third-order valence-corrected chi connectivity index (χ3v) is 3.23. The Balaban J connectivity index is 1.74. The second kappa shape index (κ2) is 5.74. The van der Waals surface area contributed by atoms with Gasteiger partial charge in [-0.1, -0.05) is 0 Å². The average molecular weight is 286 g/mol. The maximum Gasteiger partial charge on any atom is 0.150 e. The van der Waals surface area contributed by atoms with Crippen LogP contribution in [0.4, 0.5) is 10.1 Å². The summed E-state index contributed by atoms with van der Waals surface area (Å²) in [5, 5.41) is 7.11. The van der Waals surface area contributed by atoms with Crippen LogP contribution in [0.5, 0.6) is 0 Å². The Kier molecular flexibility index (Phi) is 3.63. The molecule has 0 bridgehead atoms. The van der Waals surface area contributed by atoms with E-state index in [1.807, 2.05) is 10.6 Å². The number of aromatic nitrogens is 5. The lowest BCUT2D eigenvalue weighted by Crippen LogP contribution is -2.06. The van der Waals surface area contributed by atoms with Crippen LogP contribution >= 0.6 is 0 Å². The summed E-state index contributed by atoms with van der Waals surface area (Å²) in [5.41, 5.74) is 2.13. The molecule has 2 aromatic heterocycles. The zero-order valence-corrected chi connectivity index (χ0v) is 11.6. The number of anilines is 1. The van der Waals surface area contributed by atoms with E-state index in [9.17, 15) is 4.39 Å². The molecule has 0 saturated carbocycles. The molecule has 0 amide bonds. The van der Waals surface area contributed by atoms with Gasteiger partial charge in [0.15, 0.2) is 5.82 Å². The summed E-state index contributed by atoms with van der Waals surface area (Å²) in [5.74, 6) is -0.352. The fourth-order valence-corrected chi connectivity index (χ4v) is 2.11. The van der Waals surface area contributed by atoms with Gasteiger partial charge < -0.3 is 9.88 Å². The second-order valence-corrected chi connectivity index (χ2v) is 4.53. The van der Waals surface area contributed by atoms with Gasteiger partial charge in [0.05, 0.1) is 18.6 Å². The van der Waals surface area contributed by atoms with Gasteiger partial charge in [0, 0.05) is 18.4 Å². The molecule has 0 unspecified atom stereocenters. The van der Waals surface area contributed by atoms with Gasteiger partial charge in [0.25, 0.3) is 0 Å². The largest absolute Gasteiger partial charge is 0.379 e. The van der Waals surface area contributed by atoms with E-state index in [4.69, 9.17) is 0 Å². The standard InChI is InChI=1S/C14H15FN6/c1-2-20-9-16-6-12(20)7-18-11-3-4-14(13(15)5-11)21-10-17-8-19-21/h3-6,8-10,18H,2,7H2,1H3. The Morgan fingerprint density at radius 2 is 2.14 bits per heavy atom. The quantitative estimate of drug-likeness (QED) is 0.781. The lowest BCUT2D eigenvalue weighted by Gasteiger charge is -2.10. The monoisotopic (exact) mass is 286 g/mol. The Morgan fingerprint density at radius 1 is 1.24 bits per heavy atom. The molecule has 6 nitrogen and oxygen atoms in total. The van der Waals surface area contributed by atoms with Gasteiger partial charge in [-0.15, -0.1) is 0 Å². The summed E-state index contributed by atoms with van der Waals surface area (Å²) in [6, 6.07) is 4.93. The van der Waals surface area contributed by atoms with E-state index < -0.39 is 0 Å². The van der Waals surface area contributed by atoms with Crippen molar-refractivity contribution in [1.29, 1.82) is 0 Å². The molecule has 0 fully saturated rings. The highest BCUT2D eigenvalue weighted by molar-refractivity contribution is 5.49. The maximum absolute atomic E-state index is 14.1. The number of imidazole rings is 1. The lowest BCUT2D eigenvalue weighted by atomic mass is 10.2. The molecule has 3 rings (SSSR count). The molecule has 1 aromatic carbocycles. The van der Waals surface area contributed by atoms with Crippen LogP contribution in [0.3, 0.4) is 0 Å². The normalized spacial score (nSPS) is 10.8. The summed E-state index contributed by atoms with van der Waals surface area (Å²) in [6.45, 7) is 3.50. The third kappa shape index (κ3) is 2.76. The van der Waals surface area contributed by atoms with Crippen molar-refractivity contribution < 1.29 is 4.39 Å². The Morgan fingerprint density at radius 3 is 2.86 bits per heavy atom. The van der Waals surface area contributed by atoms with Crippen LogP contribution in [0.2, 0.25) is 0 Å². The van der Waals surface area contributed by atoms with Crippen LogP contribution in [0.1, 0.15) is 12.6 Å². The number of nitrogens with one attached hydrogen (secondary N) is 1. The number of aryl methyl sites for hydroxylation is 1. The summed E-state index contributed by atoms with van der Waals surface area (Å²) >= 11 is 0. The fraction of sp³-hybridized carbons (Fsp3) is 0.214. The number of halogens is 1. The van der Waals surface area contributed by atoms with Crippen molar-refractivity contribution >= 4 is 5.69 Å². The van der Waals surface area contributed by atoms with Crippen LogP contribution in [0.25, 0.3) is 5.69 Å². The summed E-state index contributed by atoms with van der Waals surface area (Å²) in [6.07, 6.45) is 6.42. The minimum absolute atomic E-state index is 0.352. The Hall–Kier alpha value is -2.70. The first kappa shape index (κ1) is 13.3. The number of rotatable bonds is 5. The van der Waals surface area contributed by atoms with Gasteiger partial charge in [-0.3, -0.25) is 0 Å². The number of hydrogen-bond donors (Lipinski definition) is 1. The smallest absolute Gasteiger partial charge is 0.150 e. The van der Waals surface area contributed by atoms with Crippen LogP contribution in [-0.2, 0) is 13.1 Å². The zero-order valence-electron chi connectivity index (χ0n) is 11.6. The molecule has 3 aromatic rings. The van der Waals surface area contributed by atoms with Gasteiger partial charge in [-0.25, -0.2) is 19.0 Å². The van der Waals surface area contributed by atoms with Crippen LogP contribution < -0.4 is 5.32 Å². The average Bonchev–Trinajstić information content (AvgIpc) is 3.16. The first-order valence-corrected chi connectivity index (χ1v) is 6.65. The van der Waals surface area contributed by atoms with Crippen molar-refractivity contribution in [2.45, 2.75) is 20.0 Å². The van der Waals surface area contributed by atoms with Crippen molar-refractivity contribution in [3.8, 4) is 5.69 Å². The van der Waals surface area contributed by atoms with E-state index in [0.29, 0.717) is 17.9 Å². The topological polar surface area (TPSA) is 60.6 Å². The van der Waals surface area contributed by atoms with E-state index in [-0.39, 0.29) is 5.82 Å². The van der Waals surface area contributed by atoms with Crippen LogP contribution in [0.15, 0.2) is 43.4 Å². The summed E-state index contributed by atoms with van der Waals surface area (Å²) in [7, 11) is 0. The number of nitrogens with zero attached hydrogens (tertiary/aromatic N) is 5. The molecule has 1 N–H and O–H groups in total. The molecule has 0 aliphatic heterocycles. The van der Waals surface area contributed by atoms with E-state index >= 15 is 0 Å². The van der Waals surface area contributed by atoms with Crippen molar-refractivity contribution in [3.63, 3.8) is 0 Å². The molecule has 0 atom stereocenters. The molecule has 0 saturated heterocycles. The number of hydrogen-bond acceptors (Lipinski definition) is 4. The molecule has 108 valence electrons. The van der Waals surface area contributed by atoms with Gasteiger partial charge in [-0.2, -0.15) is 5.10 Å². The minimum atomic E-state index is -0.352. The Labute approximate surface area is 121 Å². The van der Waals surface area contributed by atoms with Crippen molar-refractivity contribution in [2.24, 2.45) is 0 Å². The summed E-state index contributed by atoms with van der Waals surface area (Å²) < 4.78 is 17.5. The van der Waals surface area contributed by atoms with Gasteiger partial charge >= 0.3 is 0 Å². The van der Waals surface area contributed by atoms with Crippen molar-refractivity contribution in [1.82, 2.24) is 24.3 Å². The Bertz CT molecular complexity index is 719. The summed E-state index contributed by atoms with van der Waals surface area (Å²) in [4.78, 5) is 7.91. The van der Waals surface area contributed by atoms with Crippen LogP contribution in [-0.4, -0.2) is 24.3 Å². The molecule has 21 heavy (non-hydrogen) atoms. The van der Waals surface area contributed by atoms with E-state index in [2.05, 4.69) is 27.3 Å². The molecule has 0 spiro atoms. The van der Waals surface area contributed by atoms with Crippen LogP contribution in [0, 0.1) is 5.82 Å². The van der Waals surface area contributed by atoms with Gasteiger partial charge in [-0.05, 0) is 25.1 Å². The molecule has 0 aliphatic carbocycles.